The zero-order valence-corrected chi connectivity index (χ0v) is 12.1. The molecule has 1 aromatic rings. The summed E-state index contributed by atoms with van der Waals surface area (Å²) < 4.78 is 31.6. The molecular formula is C13H20N2O3S. The molecule has 0 atom stereocenters. The van der Waals surface area contributed by atoms with Gasteiger partial charge in [0.25, 0.3) is 0 Å². The molecule has 1 fully saturated rings. The van der Waals surface area contributed by atoms with Crippen molar-refractivity contribution in [1.82, 2.24) is 4.31 Å². The number of nitrogen functional groups attached to an aromatic ring is 1. The van der Waals surface area contributed by atoms with Gasteiger partial charge in [0.15, 0.2) is 0 Å². The Balaban J connectivity index is 2.29. The van der Waals surface area contributed by atoms with Crippen LogP contribution in [0.3, 0.4) is 0 Å². The first-order valence-corrected chi connectivity index (χ1v) is 7.83. The molecule has 2 rings (SSSR count). The molecule has 19 heavy (non-hydrogen) atoms. The second-order valence-corrected chi connectivity index (χ2v) is 6.93. The van der Waals surface area contributed by atoms with Crippen molar-refractivity contribution in [3.63, 3.8) is 0 Å². The topological polar surface area (TPSA) is 72.6 Å². The maximum Gasteiger partial charge on any atom is 0.243 e. The molecule has 1 heterocycles. The van der Waals surface area contributed by atoms with Gasteiger partial charge in [-0.05, 0) is 30.9 Å². The van der Waals surface area contributed by atoms with Crippen molar-refractivity contribution in [2.24, 2.45) is 5.92 Å². The Bertz CT molecular complexity index is 549. The Morgan fingerprint density at radius 3 is 2.53 bits per heavy atom. The third-order valence-corrected chi connectivity index (χ3v) is 5.48. The predicted octanol–water partition coefficient (Wildman–Crippen LogP) is 1.70. The standard InChI is InChI=1S/C13H20N2O3S/c1-10-5-7-15(8-6-10)19(16,17)11-3-4-12(14)13(9-11)18-2/h3-4,9-10H,5-8,14H2,1-2H3. The van der Waals surface area contributed by atoms with Gasteiger partial charge in [0.2, 0.25) is 10.0 Å². The van der Waals surface area contributed by atoms with Crippen molar-refractivity contribution in [1.29, 1.82) is 0 Å². The van der Waals surface area contributed by atoms with Gasteiger partial charge >= 0.3 is 0 Å². The van der Waals surface area contributed by atoms with Crippen LogP contribution < -0.4 is 10.5 Å². The number of hydrogen-bond donors (Lipinski definition) is 1. The second kappa shape index (κ2) is 5.38. The monoisotopic (exact) mass is 284 g/mol. The number of piperidine rings is 1. The van der Waals surface area contributed by atoms with Crippen LogP contribution in [-0.4, -0.2) is 32.9 Å². The molecule has 0 saturated carbocycles. The van der Waals surface area contributed by atoms with Crippen LogP contribution in [0.5, 0.6) is 5.75 Å². The molecule has 0 unspecified atom stereocenters. The number of hydrogen-bond acceptors (Lipinski definition) is 4. The number of nitrogens with two attached hydrogens (primary N) is 1. The lowest BCUT2D eigenvalue weighted by atomic mass is 10.0. The van der Waals surface area contributed by atoms with Crippen LogP contribution in [0.1, 0.15) is 19.8 Å². The van der Waals surface area contributed by atoms with Crippen LogP contribution in [0.25, 0.3) is 0 Å². The van der Waals surface area contributed by atoms with E-state index in [2.05, 4.69) is 6.92 Å². The van der Waals surface area contributed by atoms with Crippen molar-refractivity contribution >= 4 is 15.7 Å². The molecule has 106 valence electrons. The van der Waals surface area contributed by atoms with E-state index in [1.165, 1.54) is 23.5 Å². The highest BCUT2D eigenvalue weighted by Crippen LogP contribution is 2.28. The summed E-state index contributed by atoms with van der Waals surface area (Å²) in [5, 5.41) is 0. The zero-order chi connectivity index (χ0) is 14.0. The van der Waals surface area contributed by atoms with E-state index in [1.807, 2.05) is 0 Å². The summed E-state index contributed by atoms with van der Waals surface area (Å²) in [6.45, 7) is 3.31. The fourth-order valence-corrected chi connectivity index (χ4v) is 3.71. The van der Waals surface area contributed by atoms with E-state index in [9.17, 15) is 8.42 Å². The Kier molecular flexibility index (Phi) is 4.01. The summed E-state index contributed by atoms with van der Waals surface area (Å²) in [5.74, 6) is 0.985. The van der Waals surface area contributed by atoms with Gasteiger partial charge in [-0.2, -0.15) is 4.31 Å². The molecule has 1 aliphatic heterocycles. The highest BCUT2D eigenvalue weighted by atomic mass is 32.2. The van der Waals surface area contributed by atoms with E-state index in [0.29, 0.717) is 30.4 Å². The number of anilines is 1. The van der Waals surface area contributed by atoms with Gasteiger partial charge in [-0.25, -0.2) is 8.42 Å². The van der Waals surface area contributed by atoms with Crippen molar-refractivity contribution in [3.05, 3.63) is 18.2 Å². The summed E-state index contributed by atoms with van der Waals surface area (Å²) in [4.78, 5) is 0.244. The maximum absolute atomic E-state index is 12.5. The van der Waals surface area contributed by atoms with E-state index in [4.69, 9.17) is 10.5 Å². The third kappa shape index (κ3) is 2.84. The largest absolute Gasteiger partial charge is 0.495 e. The van der Waals surface area contributed by atoms with Crippen LogP contribution in [0.2, 0.25) is 0 Å². The molecular weight excluding hydrogens is 264 g/mol. The van der Waals surface area contributed by atoms with E-state index < -0.39 is 10.0 Å². The van der Waals surface area contributed by atoms with Crippen LogP contribution in [0.15, 0.2) is 23.1 Å². The van der Waals surface area contributed by atoms with Gasteiger partial charge in [0.05, 0.1) is 17.7 Å². The van der Waals surface area contributed by atoms with Gasteiger partial charge < -0.3 is 10.5 Å². The quantitative estimate of drug-likeness (QED) is 0.857. The Morgan fingerprint density at radius 2 is 1.95 bits per heavy atom. The van der Waals surface area contributed by atoms with Crippen LogP contribution in [-0.2, 0) is 10.0 Å². The van der Waals surface area contributed by atoms with Crippen molar-refractivity contribution in [2.45, 2.75) is 24.7 Å². The fraction of sp³-hybridized carbons (Fsp3) is 0.538. The second-order valence-electron chi connectivity index (χ2n) is 4.99. The zero-order valence-electron chi connectivity index (χ0n) is 11.3. The first-order valence-electron chi connectivity index (χ1n) is 6.39. The van der Waals surface area contributed by atoms with Crippen LogP contribution in [0, 0.1) is 5.92 Å². The molecule has 5 nitrogen and oxygen atoms in total. The molecule has 2 N–H and O–H groups in total. The number of nitrogens with zero attached hydrogens (tertiary/aromatic N) is 1. The smallest absolute Gasteiger partial charge is 0.243 e. The van der Waals surface area contributed by atoms with Gasteiger partial charge in [-0.1, -0.05) is 6.92 Å². The van der Waals surface area contributed by atoms with Crippen LogP contribution >= 0.6 is 0 Å². The first kappa shape index (κ1) is 14.1. The number of sulfonamides is 1. The van der Waals surface area contributed by atoms with E-state index >= 15 is 0 Å². The minimum Gasteiger partial charge on any atom is -0.495 e. The van der Waals surface area contributed by atoms with Gasteiger partial charge in [-0.15, -0.1) is 0 Å². The third-order valence-electron chi connectivity index (χ3n) is 3.59. The maximum atomic E-state index is 12.5. The first-order chi connectivity index (χ1) is 8.95. The normalized spacial score (nSPS) is 18.4. The van der Waals surface area contributed by atoms with Crippen molar-refractivity contribution < 1.29 is 13.2 Å². The molecule has 0 aliphatic carbocycles. The fourth-order valence-electron chi connectivity index (χ4n) is 2.23. The van der Waals surface area contributed by atoms with E-state index in [0.717, 1.165) is 12.8 Å². The molecule has 0 spiro atoms. The molecule has 6 heteroatoms. The predicted molar refractivity (Wildman–Crippen MR) is 74.6 cm³/mol. The molecule has 0 aromatic heterocycles. The molecule has 1 aromatic carbocycles. The molecule has 1 aliphatic rings. The van der Waals surface area contributed by atoms with Crippen molar-refractivity contribution in [3.8, 4) is 5.75 Å². The average molecular weight is 284 g/mol. The van der Waals surface area contributed by atoms with Gasteiger partial charge in [-0.3, -0.25) is 0 Å². The minimum atomic E-state index is -3.44. The Labute approximate surface area is 114 Å². The summed E-state index contributed by atoms with van der Waals surface area (Å²) >= 11 is 0. The summed E-state index contributed by atoms with van der Waals surface area (Å²) in [7, 11) is -1.96. The van der Waals surface area contributed by atoms with E-state index in [1.54, 1.807) is 6.07 Å². The Morgan fingerprint density at radius 1 is 1.32 bits per heavy atom. The number of ether oxygens (including phenoxy) is 1. The summed E-state index contributed by atoms with van der Waals surface area (Å²) in [6, 6.07) is 4.59. The van der Waals surface area contributed by atoms with Crippen molar-refractivity contribution in [2.75, 3.05) is 25.9 Å². The van der Waals surface area contributed by atoms with Gasteiger partial charge in [0, 0.05) is 19.2 Å². The highest BCUT2D eigenvalue weighted by molar-refractivity contribution is 7.89. The lowest BCUT2D eigenvalue weighted by Crippen LogP contribution is -2.37. The number of rotatable bonds is 3. The number of benzene rings is 1. The molecule has 0 bridgehead atoms. The average Bonchev–Trinajstić information content (AvgIpc) is 2.39. The molecule has 0 amide bonds. The summed E-state index contributed by atoms with van der Waals surface area (Å²) in [5.41, 5.74) is 6.15. The lowest BCUT2D eigenvalue weighted by molar-refractivity contribution is 0.288. The van der Waals surface area contributed by atoms with E-state index in [-0.39, 0.29) is 4.90 Å². The molecule has 0 radical (unpaired) electrons. The highest BCUT2D eigenvalue weighted by Gasteiger charge is 2.28. The molecule has 1 saturated heterocycles. The summed E-state index contributed by atoms with van der Waals surface area (Å²) in [6.07, 6.45) is 1.82. The number of methoxy groups -OCH3 is 1. The lowest BCUT2D eigenvalue weighted by Gasteiger charge is -2.29. The van der Waals surface area contributed by atoms with Gasteiger partial charge in [0.1, 0.15) is 5.75 Å². The Hall–Kier alpha value is -1.27. The SMILES string of the molecule is COc1cc(S(=O)(=O)N2CCC(C)CC2)ccc1N. The van der Waals surface area contributed by atoms with Crippen LogP contribution in [0.4, 0.5) is 5.69 Å². The minimum absolute atomic E-state index is 0.244.